The first-order valence-corrected chi connectivity index (χ1v) is 9.52. The van der Waals surface area contributed by atoms with E-state index >= 15 is 0 Å². The van der Waals surface area contributed by atoms with E-state index < -0.39 is 0 Å². The number of ether oxygens (including phenoxy) is 1. The number of para-hydroxylation sites is 1. The molecular weight excluding hydrogens is 332 g/mol. The standard InChI is InChI=1S/C24H23N2O/c1-17(18-11-13-19(27-2)14-12-18)25-15-16-26-23-10-6-5-8-21(23)20-7-3-4-9-22(20)24(25)26/h3-14,17H,15-16H2,1-2H3/q+1/t17-/m1/s1. The highest BCUT2D eigenvalue weighted by Gasteiger charge is 2.36. The Morgan fingerprint density at radius 1 is 0.852 bits per heavy atom. The Bertz CT molecular complexity index is 1130. The zero-order chi connectivity index (χ0) is 18.4. The van der Waals surface area contributed by atoms with Gasteiger partial charge in [0, 0.05) is 10.8 Å². The molecule has 2 heterocycles. The number of pyridine rings is 1. The van der Waals surface area contributed by atoms with Crippen LogP contribution < -0.4 is 14.2 Å². The van der Waals surface area contributed by atoms with Gasteiger partial charge in [0.25, 0.3) is 5.82 Å². The maximum absolute atomic E-state index is 5.32. The highest BCUT2D eigenvalue weighted by atomic mass is 16.5. The SMILES string of the molecule is COc1ccc([C@@H](C)N2CC[n+]3c2c2ccccc2c2ccccc23)cc1. The summed E-state index contributed by atoms with van der Waals surface area (Å²) in [6.45, 7) is 4.33. The van der Waals surface area contributed by atoms with Crippen molar-refractivity contribution in [2.45, 2.75) is 19.5 Å². The number of benzene rings is 3. The fourth-order valence-corrected chi connectivity index (χ4v) is 4.40. The fraction of sp³-hybridized carbons (Fsp3) is 0.208. The second kappa shape index (κ2) is 6.27. The second-order valence-electron chi connectivity index (χ2n) is 7.18. The van der Waals surface area contributed by atoms with Crippen LogP contribution in [0.15, 0.2) is 72.8 Å². The van der Waals surface area contributed by atoms with E-state index in [9.17, 15) is 0 Å². The molecule has 0 saturated heterocycles. The van der Waals surface area contributed by atoms with Crippen molar-refractivity contribution in [1.29, 1.82) is 0 Å². The quantitative estimate of drug-likeness (QED) is 0.385. The molecule has 1 aromatic heterocycles. The third-order valence-electron chi connectivity index (χ3n) is 5.81. The van der Waals surface area contributed by atoms with Gasteiger partial charge in [-0.2, -0.15) is 0 Å². The molecule has 0 radical (unpaired) electrons. The van der Waals surface area contributed by atoms with Crippen LogP contribution in [0.3, 0.4) is 0 Å². The van der Waals surface area contributed by atoms with E-state index in [1.807, 2.05) is 0 Å². The summed E-state index contributed by atoms with van der Waals surface area (Å²) in [5.41, 5.74) is 2.62. The molecule has 3 nitrogen and oxygen atoms in total. The maximum atomic E-state index is 5.32. The van der Waals surface area contributed by atoms with Crippen LogP contribution in [0.25, 0.3) is 21.7 Å². The van der Waals surface area contributed by atoms with Crippen molar-refractivity contribution in [2.24, 2.45) is 0 Å². The van der Waals surface area contributed by atoms with Crippen LogP contribution in [0.1, 0.15) is 18.5 Å². The van der Waals surface area contributed by atoms with Crippen LogP contribution >= 0.6 is 0 Å². The summed E-state index contributed by atoms with van der Waals surface area (Å²) in [5, 5.41) is 3.98. The van der Waals surface area contributed by atoms with Crippen molar-refractivity contribution < 1.29 is 9.30 Å². The van der Waals surface area contributed by atoms with E-state index in [2.05, 4.69) is 89.2 Å². The first-order chi connectivity index (χ1) is 13.3. The lowest BCUT2D eigenvalue weighted by molar-refractivity contribution is -0.643. The minimum absolute atomic E-state index is 0.300. The molecule has 0 saturated carbocycles. The summed E-state index contributed by atoms with van der Waals surface area (Å²) >= 11 is 0. The summed E-state index contributed by atoms with van der Waals surface area (Å²) in [6, 6.07) is 26.3. The average molecular weight is 355 g/mol. The third-order valence-corrected chi connectivity index (χ3v) is 5.81. The molecule has 0 bridgehead atoms. The highest BCUT2D eigenvalue weighted by molar-refractivity contribution is 6.08. The van der Waals surface area contributed by atoms with Gasteiger partial charge in [-0.1, -0.05) is 48.5 Å². The summed E-state index contributed by atoms with van der Waals surface area (Å²) in [5.74, 6) is 2.23. The lowest BCUT2D eigenvalue weighted by Crippen LogP contribution is -2.33. The molecule has 1 aliphatic heterocycles. The van der Waals surface area contributed by atoms with Gasteiger partial charge in [0.2, 0.25) is 0 Å². The molecule has 3 heteroatoms. The van der Waals surface area contributed by atoms with Gasteiger partial charge in [0.15, 0.2) is 0 Å². The Balaban J connectivity index is 1.70. The molecule has 0 unspecified atom stereocenters. The van der Waals surface area contributed by atoms with Crippen LogP contribution in [0.5, 0.6) is 5.75 Å². The molecule has 5 rings (SSSR count). The molecule has 0 aliphatic carbocycles. The van der Waals surface area contributed by atoms with Gasteiger partial charge in [0.05, 0.1) is 12.5 Å². The molecular formula is C24H23N2O+. The Hall–Kier alpha value is -3.07. The van der Waals surface area contributed by atoms with Crippen LogP contribution in [0.2, 0.25) is 0 Å². The van der Waals surface area contributed by atoms with Gasteiger partial charge in [-0.05, 0) is 36.8 Å². The van der Waals surface area contributed by atoms with E-state index in [-0.39, 0.29) is 0 Å². The van der Waals surface area contributed by atoms with E-state index in [0.717, 1.165) is 18.8 Å². The van der Waals surface area contributed by atoms with Crippen molar-refractivity contribution in [2.75, 3.05) is 18.6 Å². The number of methoxy groups -OCH3 is 1. The molecule has 27 heavy (non-hydrogen) atoms. The molecule has 1 aliphatic rings. The number of aromatic nitrogens is 1. The lowest BCUT2D eigenvalue weighted by Gasteiger charge is -2.21. The maximum Gasteiger partial charge on any atom is 0.285 e. The number of anilines is 1. The van der Waals surface area contributed by atoms with Crippen LogP contribution in [0.4, 0.5) is 5.82 Å². The Kier molecular flexibility index (Phi) is 3.75. The Morgan fingerprint density at radius 3 is 2.26 bits per heavy atom. The number of fused-ring (bicyclic) bond motifs is 6. The molecule has 0 spiro atoms. The molecule has 0 fully saturated rings. The van der Waals surface area contributed by atoms with E-state index in [1.165, 1.54) is 33.1 Å². The van der Waals surface area contributed by atoms with Crippen molar-refractivity contribution in [3.05, 3.63) is 78.4 Å². The fourth-order valence-electron chi connectivity index (χ4n) is 4.40. The lowest BCUT2D eigenvalue weighted by atomic mass is 10.0. The number of hydrogen-bond donors (Lipinski definition) is 0. The summed E-state index contributed by atoms with van der Waals surface area (Å²) in [6.07, 6.45) is 0. The van der Waals surface area contributed by atoms with E-state index in [1.54, 1.807) is 7.11 Å². The molecule has 134 valence electrons. The van der Waals surface area contributed by atoms with Gasteiger partial charge in [-0.15, -0.1) is 0 Å². The molecule has 1 atom stereocenters. The highest BCUT2D eigenvalue weighted by Crippen LogP contribution is 2.36. The first-order valence-electron chi connectivity index (χ1n) is 9.52. The third kappa shape index (κ3) is 2.46. The van der Waals surface area contributed by atoms with Crippen molar-refractivity contribution in [3.8, 4) is 5.75 Å². The zero-order valence-corrected chi connectivity index (χ0v) is 15.7. The van der Waals surface area contributed by atoms with Crippen molar-refractivity contribution in [3.63, 3.8) is 0 Å². The predicted molar refractivity (Wildman–Crippen MR) is 110 cm³/mol. The van der Waals surface area contributed by atoms with Gasteiger partial charge < -0.3 is 4.74 Å². The minimum Gasteiger partial charge on any atom is -0.497 e. The number of nitrogens with zero attached hydrogens (tertiary/aromatic N) is 2. The summed E-state index contributed by atoms with van der Waals surface area (Å²) in [4.78, 5) is 2.54. The van der Waals surface area contributed by atoms with Gasteiger partial charge in [0.1, 0.15) is 30.4 Å². The van der Waals surface area contributed by atoms with Crippen molar-refractivity contribution >= 4 is 27.5 Å². The molecule has 4 aromatic rings. The molecule has 3 aromatic carbocycles. The van der Waals surface area contributed by atoms with Crippen LogP contribution in [-0.2, 0) is 6.54 Å². The van der Waals surface area contributed by atoms with Gasteiger partial charge in [-0.3, -0.25) is 4.90 Å². The number of hydrogen-bond acceptors (Lipinski definition) is 2. The predicted octanol–water partition coefficient (Wildman–Crippen LogP) is 4.87. The first kappa shape index (κ1) is 16.1. The zero-order valence-electron chi connectivity index (χ0n) is 15.7. The van der Waals surface area contributed by atoms with Gasteiger partial charge >= 0.3 is 0 Å². The van der Waals surface area contributed by atoms with E-state index in [4.69, 9.17) is 4.74 Å². The van der Waals surface area contributed by atoms with Crippen molar-refractivity contribution in [1.82, 2.24) is 0 Å². The Labute approximate surface area is 159 Å². The van der Waals surface area contributed by atoms with Crippen LogP contribution in [-0.4, -0.2) is 13.7 Å². The second-order valence-corrected chi connectivity index (χ2v) is 7.18. The Morgan fingerprint density at radius 2 is 1.52 bits per heavy atom. The largest absolute Gasteiger partial charge is 0.497 e. The molecule has 0 amide bonds. The van der Waals surface area contributed by atoms with Crippen LogP contribution in [0, 0.1) is 0 Å². The monoisotopic (exact) mass is 355 g/mol. The summed E-state index contributed by atoms with van der Waals surface area (Å²) in [7, 11) is 1.71. The molecule has 0 N–H and O–H groups in total. The topological polar surface area (TPSA) is 16.4 Å². The van der Waals surface area contributed by atoms with E-state index in [0.29, 0.717) is 6.04 Å². The number of rotatable bonds is 3. The smallest absolute Gasteiger partial charge is 0.285 e. The van der Waals surface area contributed by atoms with Gasteiger partial charge in [-0.25, -0.2) is 4.57 Å². The average Bonchev–Trinajstić information content (AvgIpc) is 3.19. The summed E-state index contributed by atoms with van der Waals surface area (Å²) < 4.78 is 7.80. The normalized spacial score (nSPS) is 14.5. The minimum atomic E-state index is 0.300.